The molecule has 1 N–H and O–H groups in total. The summed E-state index contributed by atoms with van der Waals surface area (Å²) in [6, 6.07) is -0.713. The molecule has 1 amide bonds. The highest BCUT2D eigenvalue weighted by molar-refractivity contribution is 5.84. The molecule has 2 heterocycles. The molecule has 0 spiro atoms. The van der Waals surface area contributed by atoms with E-state index in [2.05, 4.69) is 10.1 Å². The molecule has 18 heavy (non-hydrogen) atoms. The molecule has 2 rings (SSSR count). The Morgan fingerprint density at radius 2 is 1.83 bits per heavy atom. The predicted molar refractivity (Wildman–Crippen MR) is 61.9 cm³/mol. The van der Waals surface area contributed by atoms with Crippen molar-refractivity contribution >= 4 is 12.1 Å². The van der Waals surface area contributed by atoms with Crippen molar-refractivity contribution in [2.45, 2.75) is 51.5 Å². The Kier molecular flexibility index (Phi) is 2.81. The molecule has 6 heteroatoms. The molecular formula is C12H19NO5. The van der Waals surface area contributed by atoms with Gasteiger partial charge in [0.15, 0.2) is 0 Å². The first-order valence-corrected chi connectivity index (χ1v) is 5.93. The van der Waals surface area contributed by atoms with Gasteiger partial charge in [-0.3, -0.25) is 0 Å². The molecule has 0 unspecified atom stereocenters. The Hall–Kier alpha value is -1.30. The van der Waals surface area contributed by atoms with Crippen LogP contribution in [0.15, 0.2) is 0 Å². The van der Waals surface area contributed by atoms with Crippen molar-refractivity contribution in [3.8, 4) is 0 Å². The summed E-state index contributed by atoms with van der Waals surface area (Å²) >= 11 is 0. The molecule has 3 atom stereocenters. The average molecular weight is 257 g/mol. The lowest BCUT2D eigenvalue weighted by Gasteiger charge is -2.27. The summed E-state index contributed by atoms with van der Waals surface area (Å²) < 4.78 is 15.4. The fourth-order valence-electron chi connectivity index (χ4n) is 2.41. The summed E-state index contributed by atoms with van der Waals surface area (Å²) in [7, 11) is 1.26. The van der Waals surface area contributed by atoms with Crippen LogP contribution in [0, 0.1) is 5.41 Å². The number of carbonyl (C=O) groups is 2. The van der Waals surface area contributed by atoms with Gasteiger partial charge in [0.05, 0.1) is 12.7 Å². The Balaban J connectivity index is 2.14. The maximum atomic E-state index is 11.8. The summed E-state index contributed by atoms with van der Waals surface area (Å²) in [4.78, 5) is 23.1. The SMILES string of the molecule is COC(=O)N[C@@H]1C(=O)O[C@@H]([C@H]2OC2(C)C)C1(C)C. The van der Waals surface area contributed by atoms with Crippen LogP contribution in [-0.2, 0) is 19.0 Å². The van der Waals surface area contributed by atoms with Crippen molar-refractivity contribution < 1.29 is 23.8 Å². The van der Waals surface area contributed by atoms with E-state index in [9.17, 15) is 9.59 Å². The molecule has 2 aliphatic rings. The molecule has 0 aromatic heterocycles. The zero-order valence-corrected chi connectivity index (χ0v) is 11.3. The fourth-order valence-corrected chi connectivity index (χ4v) is 2.41. The molecule has 2 aliphatic heterocycles. The first-order chi connectivity index (χ1) is 8.20. The maximum Gasteiger partial charge on any atom is 0.407 e. The summed E-state index contributed by atoms with van der Waals surface area (Å²) in [5, 5.41) is 2.52. The largest absolute Gasteiger partial charge is 0.457 e. The predicted octanol–water partition coefficient (Wildman–Crippen LogP) is 0.840. The lowest BCUT2D eigenvalue weighted by Crippen LogP contribution is -2.49. The van der Waals surface area contributed by atoms with Crippen molar-refractivity contribution in [2.75, 3.05) is 7.11 Å². The Morgan fingerprint density at radius 3 is 2.28 bits per heavy atom. The minimum absolute atomic E-state index is 0.124. The molecule has 0 aromatic rings. The van der Waals surface area contributed by atoms with Crippen LogP contribution < -0.4 is 5.32 Å². The summed E-state index contributed by atoms with van der Waals surface area (Å²) in [6.45, 7) is 7.65. The number of carbonyl (C=O) groups excluding carboxylic acids is 2. The Bertz CT molecular complexity index is 390. The Morgan fingerprint density at radius 1 is 1.28 bits per heavy atom. The molecule has 102 valence electrons. The number of hydrogen-bond donors (Lipinski definition) is 1. The molecular weight excluding hydrogens is 238 g/mol. The number of nitrogens with one attached hydrogen (secondary N) is 1. The molecule has 0 bridgehead atoms. The van der Waals surface area contributed by atoms with Gasteiger partial charge < -0.3 is 19.5 Å². The van der Waals surface area contributed by atoms with Gasteiger partial charge in [-0.05, 0) is 13.8 Å². The summed E-state index contributed by atoms with van der Waals surface area (Å²) in [6.07, 6.45) is -1.12. The third-order valence-electron chi connectivity index (χ3n) is 3.74. The van der Waals surface area contributed by atoms with Crippen LogP contribution in [0.2, 0.25) is 0 Å². The molecule has 2 fully saturated rings. The van der Waals surface area contributed by atoms with Crippen molar-refractivity contribution in [2.24, 2.45) is 5.41 Å². The van der Waals surface area contributed by atoms with Crippen molar-refractivity contribution in [3.05, 3.63) is 0 Å². The second-order valence-corrected chi connectivity index (χ2v) is 5.89. The van der Waals surface area contributed by atoms with Crippen LogP contribution in [0.5, 0.6) is 0 Å². The van der Waals surface area contributed by atoms with Gasteiger partial charge in [-0.15, -0.1) is 0 Å². The molecule has 0 saturated carbocycles. The standard InChI is InChI=1S/C12H19NO5/c1-11(2)6(13-10(15)16-5)9(14)17-7(11)8-12(3,4)18-8/h6-8H,1-5H3,(H,13,15)/t6-,7+,8-/m1/s1. The van der Waals surface area contributed by atoms with Crippen LogP contribution in [0.1, 0.15) is 27.7 Å². The lowest BCUT2D eigenvalue weighted by atomic mass is 9.78. The third-order valence-corrected chi connectivity index (χ3v) is 3.74. The monoisotopic (exact) mass is 257 g/mol. The zero-order valence-electron chi connectivity index (χ0n) is 11.3. The normalized spacial score (nSPS) is 35.8. The zero-order chi connectivity index (χ0) is 13.7. The van der Waals surface area contributed by atoms with E-state index in [0.29, 0.717) is 0 Å². The highest BCUT2D eigenvalue weighted by atomic mass is 16.6. The van der Waals surface area contributed by atoms with Gasteiger partial charge in [0, 0.05) is 5.41 Å². The number of ether oxygens (including phenoxy) is 3. The van der Waals surface area contributed by atoms with Gasteiger partial charge in [0.1, 0.15) is 18.2 Å². The maximum absolute atomic E-state index is 11.8. The number of amides is 1. The van der Waals surface area contributed by atoms with Crippen LogP contribution >= 0.6 is 0 Å². The number of hydrogen-bond acceptors (Lipinski definition) is 5. The van der Waals surface area contributed by atoms with E-state index >= 15 is 0 Å². The molecule has 0 radical (unpaired) electrons. The number of methoxy groups -OCH3 is 1. The molecule has 6 nitrogen and oxygen atoms in total. The molecule has 0 aliphatic carbocycles. The van der Waals surface area contributed by atoms with Crippen molar-refractivity contribution in [3.63, 3.8) is 0 Å². The van der Waals surface area contributed by atoms with Gasteiger partial charge in [-0.25, -0.2) is 9.59 Å². The number of epoxide rings is 1. The van der Waals surface area contributed by atoms with Gasteiger partial charge in [-0.1, -0.05) is 13.8 Å². The quantitative estimate of drug-likeness (QED) is 0.586. The number of cyclic esters (lactones) is 1. The summed E-state index contributed by atoms with van der Waals surface area (Å²) in [5.74, 6) is -0.443. The Labute approximate surface area is 106 Å². The van der Waals surface area contributed by atoms with Gasteiger partial charge in [0.2, 0.25) is 0 Å². The van der Waals surface area contributed by atoms with Crippen LogP contribution in [0.3, 0.4) is 0 Å². The van der Waals surface area contributed by atoms with E-state index in [4.69, 9.17) is 9.47 Å². The molecule has 0 aromatic carbocycles. The average Bonchev–Trinajstić information content (AvgIpc) is 2.83. The van der Waals surface area contributed by atoms with Crippen LogP contribution in [0.25, 0.3) is 0 Å². The van der Waals surface area contributed by atoms with E-state index in [1.807, 2.05) is 27.7 Å². The topological polar surface area (TPSA) is 77.2 Å². The van der Waals surface area contributed by atoms with Gasteiger partial charge in [0.25, 0.3) is 0 Å². The second-order valence-electron chi connectivity index (χ2n) is 5.89. The fraction of sp³-hybridized carbons (Fsp3) is 0.833. The van der Waals surface area contributed by atoms with E-state index in [0.717, 1.165) is 0 Å². The van der Waals surface area contributed by atoms with Crippen molar-refractivity contribution in [1.29, 1.82) is 0 Å². The second kappa shape index (κ2) is 3.85. The number of rotatable bonds is 2. The minimum atomic E-state index is -0.713. The van der Waals surface area contributed by atoms with Gasteiger partial charge in [-0.2, -0.15) is 0 Å². The number of esters is 1. The van der Waals surface area contributed by atoms with Gasteiger partial charge >= 0.3 is 12.1 Å². The summed E-state index contributed by atoms with van der Waals surface area (Å²) in [5.41, 5.74) is -0.813. The highest BCUT2D eigenvalue weighted by Gasteiger charge is 2.64. The van der Waals surface area contributed by atoms with Crippen molar-refractivity contribution in [1.82, 2.24) is 5.32 Å². The first-order valence-electron chi connectivity index (χ1n) is 5.93. The number of alkyl carbamates (subject to hydrolysis) is 1. The highest BCUT2D eigenvalue weighted by Crippen LogP contribution is 2.48. The van der Waals surface area contributed by atoms with E-state index < -0.39 is 23.5 Å². The van der Waals surface area contributed by atoms with E-state index in [1.54, 1.807) is 0 Å². The minimum Gasteiger partial charge on any atom is -0.457 e. The molecule has 2 saturated heterocycles. The van der Waals surface area contributed by atoms with E-state index in [-0.39, 0.29) is 17.8 Å². The smallest absolute Gasteiger partial charge is 0.407 e. The van der Waals surface area contributed by atoms with Crippen LogP contribution in [-0.4, -0.2) is 43.0 Å². The third kappa shape index (κ3) is 1.94. The van der Waals surface area contributed by atoms with Crippen LogP contribution in [0.4, 0.5) is 4.79 Å². The van der Waals surface area contributed by atoms with E-state index in [1.165, 1.54) is 7.11 Å². The first kappa shape index (κ1) is 13.1. The lowest BCUT2D eigenvalue weighted by molar-refractivity contribution is -0.143.